The average molecular weight is 264 g/mol. The first kappa shape index (κ1) is 13.6. The van der Waals surface area contributed by atoms with Gasteiger partial charge in [-0.25, -0.2) is 14.8 Å². The van der Waals surface area contributed by atoms with Gasteiger partial charge in [-0.1, -0.05) is 0 Å². The van der Waals surface area contributed by atoms with Gasteiger partial charge in [0.15, 0.2) is 0 Å². The number of likely N-dealkylation sites (tertiary alicyclic amines) is 1. The Morgan fingerprint density at radius 3 is 2.32 bits per heavy atom. The molecule has 2 rings (SSSR count). The molecule has 0 radical (unpaired) electrons. The molecule has 1 aliphatic rings. The van der Waals surface area contributed by atoms with Crippen LogP contribution in [0.4, 0.5) is 10.7 Å². The molecular weight excluding hydrogens is 244 g/mol. The summed E-state index contributed by atoms with van der Waals surface area (Å²) in [4.78, 5) is 21.1. The van der Waals surface area contributed by atoms with Gasteiger partial charge >= 0.3 is 6.09 Å². The Kier molecular flexibility index (Phi) is 3.59. The second-order valence-electron chi connectivity index (χ2n) is 5.43. The third kappa shape index (κ3) is 3.33. The Balaban J connectivity index is 2.04. The van der Waals surface area contributed by atoms with Crippen molar-refractivity contribution in [3.8, 4) is 0 Å². The number of hydrogen-bond donors (Lipinski definition) is 2. The van der Waals surface area contributed by atoms with Gasteiger partial charge in [0.1, 0.15) is 0 Å². The van der Waals surface area contributed by atoms with Crippen LogP contribution in [0, 0.1) is 13.8 Å². The van der Waals surface area contributed by atoms with Gasteiger partial charge in [-0.3, -0.25) is 0 Å². The molecular formula is C13H20N4O2. The number of aromatic nitrogens is 2. The lowest BCUT2D eigenvalue weighted by Gasteiger charge is -2.38. The summed E-state index contributed by atoms with van der Waals surface area (Å²) in [6.07, 6.45) is 0.676. The quantitative estimate of drug-likeness (QED) is 0.854. The van der Waals surface area contributed by atoms with E-state index < -0.39 is 6.09 Å². The zero-order chi connectivity index (χ0) is 14.0. The van der Waals surface area contributed by atoms with E-state index in [1.165, 1.54) is 4.90 Å². The van der Waals surface area contributed by atoms with E-state index in [4.69, 9.17) is 5.11 Å². The van der Waals surface area contributed by atoms with E-state index >= 15 is 0 Å². The summed E-state index contributed by atoms with van der Waals surface area (Å²) in [5, 5.41) is 12.3. The molecule has 0 atom stereocenters. The molecule has 2 N–H and O–H groups in total. The number of anilines is 1. The average Bonchev–Trinajstić information content (AvgIpc) is 2.27. The Hall–Kier alpha value is -1.85. The van der Waals surface area contributed by atoms with E-state index in [0.29, 0.717) is 19.0 Å². The zero-order valence-electron chi connectivity index (χ0n) is 11.6. The molecule has 0 unspecified atom stereocenters. The van der Waals surface area contributed by atoms with Crippen molar-refractivity contribution in [3.63, 3.8) is 0 Å². The minimum Gasteiger partial charge on any atom is -0.465 e. The molecule has 19 heavy (non-hydrogen) atoms. The van der Waals surface area contributed by atoms with Gasteiger partial charge in [-0.05, 0) is 39.7 Å². The van der Waals surface area contributed by atoms with Gasteiger partial charge in [-0.2, -0.15) is 0 Å². The maximum Gasteiger partial charge on any atom is 0.407 e. The van der Waals surface area contributed by atoms with E-state index in [2.05, 4.69) is 22.2 Å². The smallest absolute Gasteiger partial charge is 0.407 e. The first-order chi connectivity index (χ1) is 8.88. The number of aryl methyl sites for hydroxylation is 2. The van der Waals surface area contributed by atoms with Crippen LogP contribution < -0.4 is 5.32 Å². The molecule has 6 heteroatoms. The Morgan fingerprint density at radius 2 is 1.84 bits per heavy atom. The molecule has 1 aromatic rings. The Bertz CT molecular complexity index is 461. The summed E-state index contributed by atoms with van der Waals surface area (Å²) < 4.78 is 0. The minimum atomic E-state index is -0.843. The number of amides is 1. The molecule has 1 aromatic heterocycles. The number of carbonyl (C=O) groups is 1. The van der Waals surface area contributed by atoms with Crippen molar-refractivity contribution in [2.75, 3.05) is 18.4 Å². The van der Waals surface area contributed by atoms with Crippen molar-refractivity contribution >= 4 is 12.0 Å². The number of piperidine rings is 1. The van der Waals surface area contributed by atoms with Crippen molar-refractivity contribution in [1.29, 1.82) is 0 Å². The molecule has 0 bridgehead atoms. The van der Waals surface area contributed by atoms with Crippen molar-refractivity contribution in [2.24, 2.45) is 0 Å². The number of hydrogen-bond acceptors (Lipinski definition) is 4. The highest BCUT2D eigenvalue weighted by Crippen LogP contribution is 2.25. The Morgan fingerprint density at radius 1 is 1.32 bits per heavy atom. The zero-order valence-corrected chi connectivity index (χ0v) is 11.6. The highest BCUT2D eigenvalue weighted by molar-refractivity contribution is 5.65. The number of rotatable bonds is 2. The highest BCUT2D eigenvalue weighted by Gasteiger charge is 2.32. The lowest BCUT2D eigenvalue weighted by Crippen LogP contribution is -2.49. The summed E-state index contributed by atoms with van der Waals surface area (Å²) in [7, 11) is 0. The van der Waals surface area contributed by atoms with E-state index in [1.807, 2.05) is 19.9 Å². The summed E-state index contributed by atoms with van der Waals surface area (Å²) in [6.45, 7) is 7.06. The predicted molar refractivity (Wildman–Crippen MR) is 72.4 cm³/mol. The van der Waals surface area contributed by atoms with Gasteiger partial charge in [0.2, 0.25) is 5.95 Å². The molecule has 1 fully saturated rings. The third-order valence-corrected chi connectivity index (χ3v) is 3.53. The fraction of sp³-hybridized carbons (Fsp3) is 0.615. The number of carboxylic acid groups (broad SMARTS) is 1. The van der Waals surface area contributed by atoms with E-state index in [0.717, 1.165) is 24.2 Å². The van der Waals surface area contributed by atoms with Crippen molar-refractivity contribution in [3.05, 3.63) is 17.5 Å². The van der Waals surface area contributed by atoms with Gasteiger partial charge in [-0.15, -0.1) is 0 Å². The van der Waals surface area contributed by atoms with Crippen LogP contribution in [-0.2, 0) is 0 Å². The maximum absolute atomic E-state index is 10.9. The monoisotopic (exact) mass is 264 g/mol. The van der Waals surface area contributed by atoms with Crippen LogP contribution >= 0.6 is 0 Å². The number of nitrogens with zero attached hydrogens (tertiary/aromatic N) is 3. The normalized spacial score (nSPS) is 18.2. The fourth-order valence-electron chi connectivity index (χ4n) is 2.37. The first-order valence-electron chi connectivity index (χ1n) is 6.46. The van der Waals surface area contributed by atoms with Crippen LogP contribution in [0.5, 0.6) is 0 Å². The van der Waals surface area contributed by atoms with Gasteiger partial charge in [0, 0.05) is 30.0 Å². The summed E-state index contributed by atoms with van der Waals surface area (Å²) in [5.41, 5.74) is 1.72. The van der Waals surface area contributed by atoms with Crippen LogP contribution in [-0.4, -0.2) is 44.7 Å². The van der Waals surface area contributed by atoms with Gasteiger partial charge in [0.25, 0.3) is 0 Å². The SMILES string of the molecule is Cc1cc(C)nc(NC2(C)CCN(C(=O)O)CC2)n1. The predicted octanol–water partition coefficient (Wildman–Crippen LogP) is 2.04. The van der Waals surface area contributed by atoms with Crippen molar-refractivity contribution in [2.45, 2.75) is 39.2 Å². The molecule has 0 spiro atoms. The second-order valence-corrected chi connectivity index (χ2v) is 5.43. The van der Waals surface area contributed by atoms with E-state index in [9.17, 15) is 4.79 Å². The molecule has 0 aliphatic carbocycles. The Labute approximate surface area is 112 Å². The van der Waals surface area contributed by atoms with Crippen LogP contribution in [0.2, 0.25) is 0 Å². The molecule has 104 valence electrons. The summed E-state index contributed by atoms with van der Waals surface area (Å²) in [6, 6.07) is 1.93. The molecule has 1 saturated heterocycles. The van der Waals surface area contributed by atoms with Crippen LogP contribution in [0.25, 0.3) is 0 Å². The summed E-state index contributed by atoms with van der Waals surface area (Å²) in [5.74, 6) is 0.628. The van der Waals surface area contributed by atoms with Crippen LogP contribution in [0.15, 0.2) is 6.07 Å². The molecule has 1 aliphatic heterocycles. The fourth-order valence-corrected chi connectivity index (χ4v) is 2.37. The molecule has 0 saturated carbocycles. The van der Waals surface area contributed by atoms with Crippen molar-refractivity contribution < 1.29 is 9.90 Å². The van der Waals surface area contributed by atoms with Crippen LogP contribution in [0.1, 0.15) is 31.2 Å². The largest absolute Gasteiger partial charge is 0.465 e. The highest BCUT2D eigenvalue weighted by atomic mass is 16.4. The first-order valence-corrected chi connectivity index (χ1v) is 6.46. The van der Waals surface area contributed by atoms with Crippen molar-refractivity contribution in [1.82, 2.24) is 14.9 Å². The third-order valence-electron chi connectivity index (χ3n) is 3.53. The lowest BCUT2D eigenvalue weighted by atomic mass is 9.90. The summed E-state index contributed by atoms with van der Waals surface area (Å²) >= 11 is 0. The molecule has 1 amide bonds. The second kappa shape index (κ2) is 5.03. The van der Waals surface area contributed by atoms with Gasteiger partial charge < -0.3 is 15.3 Å². The molecule has 0 aromatic carbocycles. The number of nitrogens with one attached hydrogen (secondary N) is 1. The molecule has 6 nitrogen and oxygen atoms in total. The minimum absolute atomic E-state index is 0.147. The maximum atomic E-state index is 10.9. The topological polar surface area (TPSA) is 78.4 Å². The lowest BCUT2D eigenvalue weighted by molar-refractivity contribution is 0.124. The molecule has 2 heterocycles. The van der Waals surface area contributed by atoms with E-state index in [1.54, 1.807) is 0 Å². The van der Waals surface area contributed by atoms with E-state index in [-0.39, 0.29) is 5.54 Å². The van der Waals surface area contributed by atoms with Gasteiger partial charge in [0.05, 0.1) is 0 Å². The standard InChI is InChI=1S/C13H20N4O2/c1-9-8-10(2)15-11(14-9)16-13(3)4-6-17(7-5-13)12(18)19/h8H,4-7H2,1-3H3,(H,18,19)(H,14,15,16). The van der Waals surface area contributed by atoms with Crippen LogP contribution in [0.3, 0.4) is 0 Å².